The largest absolute Gasteiger partial charge is 0.465 e. The molecule has 1 aromatic heterocycles. The second kappa shape index (κ2) is 5.93. The lowest BCUT2D eigenvalue weighted by atomic mass is 10.0. The number of hydrogen-bond acceptors (Lipinski definition) is 3. The van der Waals surface area contributed by atoms with E-state index >= 15 is 0 Å². The highest BCUT2D eigenvalue weighted by molar-refractivity contribution is 5.05. The average Bonchev–Trinajstić information content (AvgIpc) is 2.58. The Morgan fingerprint density at radius 3 is 2.60 bits per heavy atom. The van der Waals surface area contributed by atoms with Gasteiger partial charge in [-0.1, -0.05) is 13.8 Å². The first-order valence-electron chi connectivity index (χ1n) is 5.53. The third-order valence-corrected chi connectivity index (χ3v) is 2.58. The molecule has 0 amide bonds. The fourth-order valence-corrected chi connectivity index (χ4v) is 1.62. The Labute approximate surface area is 91.5 Å². The van der Waals surface area contributed by atoms with Gasteiger partial charge in [0.1, 0.15) is 11.5 Å². The number of hydrogen-bond donors (Lipinski definition) is 2. The summed E-state index contributed by atoms with van der Waals surface area (Å²) in [6.45, 7) is 7.21. The summed E-state index contributed by atoms with van der Waals surface area (Å²) in [5.41, 5.74) is 0. The van der Waals surface area contributed by atoms with Gasteiger partial charge in [-0.2, -0.15) is 0 Å². The molecule has 1 unspecified atom stereocenters. The van der Waals surface area contributed by atoms with Crippen molar-refractivity contribution >= 4 is 0 Å². The van der Waals surface area contributed by atoms with E-state index in [-0.39, 0.29) is 6.61 Å². The van der Waals surface area contributed by atoms with E-state index in [9.17, 15) is 0 Å². The van der Waals surface area contributed by atoms with Crippen LogP contribution >= 0.6 is 0 Å². The van der Waals surface area contributed by atoms with Crippen molar-refractivity contribution in [2.24, 2.45) is 5.92 Å². The Morgan fingerprint density at radius 2 is 2.13 bits per heavy atom. The van der Waals surface area contributed by atoms with Gasteiger partial charge in [-0.15, -0.1) is 0 Å². The zero-order valence-electron chi connectivity index (χ0n) is 9.79. The van der Waals surface area contributed by atoms with Crippen molar-refractivity contribution < 1.29 is 9.52 Å². The molecule has 3 heteroatoms. The first-order valence-corrected chi connectivity index (χ1v) is 5.53. The van der Waals surface area contributed by atoms with Gasteiger partial charge in [0, 0.05) is 12.6 Å². The Kier molecular flexibility index (Phi) is 4.85. The summed E-state index contributed by atoms with van der Waals surface area (Å²) in [5.74, 6) is 2.42. The van der Waals surface area contributed by atoms with E-state index in [1.165, 1.54) is 0 Å². The van der Waals surface area contributed by atoms with Crippen LogP contribution in [0.1, 0.15) is 31.8 Å². The molecule has 0 fully saturated rings. The number of aryl methyl sites for hydroxylation is 1. The van der Waals surface area contributed by atoms with Crippen LogP contribution in [-0.4, -0.2) is 17.8 Å². The minimum absolute atomic E-state index is 0.229. The van der Waals surface area contributed by atoms with Gasteiger partial charge in [0.15, 0.2) is 0 Å². The van der Waals surface area contributed by atoms with Crippen LogP contribution in [0.2, 0.25) is 0 Å². The van der Waals surface area contributed by atoms with Crippen molar-refractivity contribution in [2.75, 3.05) is 6.61 Å². The molecule has 0 radical (unpaired) electrons. The molecule has 0 saturated carbocycles. The number of rotatable bonds is 6. The lowest BCUT2D eigenvalue weighted by Crippen LogP contribution is -2.34. The highest BCUT2D eigenvalue weighted by atomic mass is 16.3. The molecule has 0 aliphatic heterocycles. The monoisotopic (exact) mass is 211 g/mol. The molecule has 3 nitrogen and oxygen atoms in total. The molecule has 1 atom stereocenters. The minimum Gasteiger partial charge on any atom is -0.465 e. The maximum Gasteiger partial charge on any atom is 0.117 e. The van der Waals surface area contributed by atoms with E-state index in [2.05, 4.69) is 19.2 Å². The van der Waals surface area contributed by atoms with Crippen LogP contribution in [0.25, 0.3) is 0 Å². The zero-order chi connectivity index (χ0) is 11.3. The summed E-state index contributed by atoms with van der Waals surface area (Å²) < 4.78 is 5.47. The summed E-state index contributed by atoms with van der Waals surface area (Å²) in [6.07, 6.45) is 0.789. The van der Waals surface area contributed by atoms with Gasteiger partial charge in [0.25, 0.3) is 0 Å². The molecule has 15 heavy (non-hydrogen) atoms. The molecule has 1 heterocycles. The molecule has 0 saturated heterocycles. The van der Waals surface area contributed by atoms with Crippen LogP contribution in [0.15, 0.2) is 16.5 Å². The predicted octanol–water partition coefficient (Wildman–Crippen LogP) is 2.08. The number of furan rings is 1. The lowest BCUT2D eigenvalue weighted by Gasteiger charge is -2.20. The highest BCUT2D eigenvalue weighted by Crippen LogP contribution is 2.09. The maximum absolute atomic E-state index is 8.92. The fraction of sp³-hybridized carbons (Fsp3) is 0.667. The van der Waals surface area contributed by atoms with E-state index in [0.717, 1.165) is 24.5 Å². The summed E-state index contributed by atoms with van der Waals surface area (Å²) in [5, 5.41) is 12.3. The molecule has 0 spiro atoms. The zero-order valence-corrected chi connectivity index (χ0v) is 9.79. The van der Waals surface area contributed by atoms with Crippen molar-refractivity contribution in [1.29, 1.82) is 0 Å². The molecule has 2 N–H and O–H groups in total. The SMILES string of the molecule is Cc1ccc(CNC(CCO)C(C)C)o1. The number of aliphatic hydroxyl groups is 1. The molecule has 86 valence electrons. The van der Waals surface area contributed by atoms with Crippen molar-refractivity contribution in [3.8, 4) is 0 Å². The van der Waals surface area contributed by atoms with Gasteiger partial charge in [-0.25, -0.2) is 0 Å². The molecule has 1 aromatic rings. The minimum atomic E-state index is 0.229. The first kappa shape index (κ1) is 12.3. The molecule has 0 aliphatic rings. The molecule has 1 rings (SSSR count). The quantitative estimate of drug-likeness (QED) is 0.757. The topological polar surface area (TPSA) is 45.4 Å². The van der Waals surface area contributed by atoms with Gasteiger partial charge in [-0.3, -0.25) is 0 Å². The maximum atomic E-state index is 8.92. The number of aliphatic hydroxyl groups excluding tert-OH is 1. The standard InChI is InChI=1S/C12H21NO2/c1-9(2)12(6-7-14)13-8-11-5-4-10(3)15-11/h4-5,9,12-14H,6-8H2,1-3H3. The normalized spacial score (nSPS) is 13.4. The summed E-state index contributed by atoms with van der Waals surface area (Å²) in [6, 6.07) is 4.30. The van der Waals surface area contributed by atoms with Crippen LogP contribution in [0.3, 0.4) is 0 Å². The Balaban J connectivity index is 2.39. The smallest absolute Gasteiger partial charge is 0.117 e. The van der Waals surface area contributed by atoms with E-state index in [1.54, 1.807) is 0 Å². The van der Waals surface area contributed by atoms with Crippen LogP contribution in [0, 0.1) is 12.8 Å². The van der Waals surface area contributed by atoms with E-state index in [4.69, 9.17) is 9.52 Å². The summed E-state index contributed by atoms with van der Waals surface area (Å²) in [4.78, 5) is 0. The Bertz CT molecular complexity index is 281. The van der Waals surface area contributed by atoms with Crippen LogP contribution in [0.4, 0.5) is 0 Å². The van der Waals surface area contributed by atoms with Gasteiger partial charge in [-0.05, 0) is 31.4 Å². The Hall–Kier alpha value is -0.800. The van der Waals surface area contributed by atoms with Crippen LogP contribution < -0.4 is 5.32 Å². The van der Waals surface area contributed by atoms with Crippen LogP contribution in [-0.2, 0) is 6.54 Å². The lowest BCUT2D eigenvalue weighted by molar-refractivity contribution is 0.241. The molecule has 0 aliphatic carbocycles. The molecule has 0 aromatic carbocycles. The second-order valence-corrected chi connectivity index (χ2v) is 4.26. The second-order valence-electron chi connectivity index (χ2n) is 4.26. The molecular formula is C12H21NO2. The van der Waals surface area contributed by atoms with E-state index in [0.29, 0.717) is 12.0 Å². The van der Waals surface area contributed by atoms with E-state index in [1.807, 2.05) is 19.1 Å². The Morgan fingerprint density at radius 1 is 1.40 bits per heavy atom. The first-order chi connectivity index (χ1) is 7.13. The van der Waals surface area contributed by atoms with Crippen molar-refractivity contribution in [1.82, 2.24) is 5.32 Å². The van der Waals surface area contributed by atoms with Crippen LogP contribution in [0.5, 0.6) is 0 Å². The van der Waals surface area contributed by atoms with E-state index < -0.39 is 0 Å². The van der Waals surface area contributed by atoms with Gasteiger partial charge in [0.2, 0.25) is 0 Å². The van der Waals surface area contributed by atoms with Gasteiger partial charge in [0.05, 0.1) is 6.54 Å². The number of nitrogens with one attached hydrogen (secondary N) is 1. The summed E-state index contributed by atoms with van der Waals surface area (Å²) in [7, 11) is 0. The predicted molar refractivity (Wildman–Crippen MR) is 60.6 cm³/mol. The van der Waals surface area contributed by atoms with Crippen molar-refractivity contribution in [2.45, 2.75) is 39.8 Å². The average molecular weight is 211 g/mol. The third kappa shape index (κ3) is 4.06. The van der Waals surface area contributed by atoms with Gasteiger partial charge >= 0.3 is 0 Å². The highest BCUT2D eigenvalue weighted by Gasteiger charge is 2.12. The fourth-order valence-electron chi connectivity index (χ4n) is 1.62. The van der Waals surface area contributed by atoms with Crippen molar-refractivity contribution in [3.63, 3.8) is 0 Å². The van der Waals surface area contributed by atoms with Gasteiger partial charge < -0.3 is 14.8 Å². The van der Waals surface area contributed by atoms with Crippen molar-refractivity contribution in [3.05, 3.63) is 23.7 Å². The molecule has 0 bridgehead atoms. The molecular weight excluding hydrogens is 190 g/mol. The third-order valence-electron chi connectivity index (χ3n) is 2.58. The summed E-state index contributed by atoms with van der Waals surface area (Å²) >= 11 is 0.